The monoisotopic (exact) mass is 432 g/mol. The van der Waals surface area contributed by atoms with Crippen LogP contribution in [0.25, 0.3) is 28.5 Å². The van der Waals surface area contributed by atoms with Crippen molar-refractivity contribution >= 4 is 46.0 Å². The highest BCUT2D eigenvalue weighted by molar-refractivity contribution is 6.32. The molecule has 31 heavy (non-hydrogen) atoms. The summed E-state index contributed by atoms with van der Waals surface area (Å²) in [6, 6.07) is 17.8. The first-order valence-corrected chi connectivity index (χ1v) is 9.77. The Balaban J connectivity index is 1.54. The fraction of sp³-hybridized carbons (Fsp3) is 0.0435. The molecule has 2 N–H and O–H groups in total. The van der Waals surface area contributed by atoms with Gasteiger partial charge in [-0.25, -0.2) is 4.98 Å². The van der Waals surface area contributed by atoms with Crippen LogP contribution in [0.2, 0.25) is 5.02 Å². The Kier molecular flexibility index (Phi) is 5.51. The second-order valence-electron chi connectivity index (χ2n) is 6.92. The highest BCUT2D eigenvalue weighted by Gasteiger charge is 2.12. The molecule has 0 aliphatic heterocycles. The highest BCUT2D eigenvalue weighted by Crippen LogP contribution is 2.27. The normalized spacial score (nSPS) is 11.2. The molecule has 0 bridgehead atoms. The van der Waals surface area contributed by atoms with Crippen molar-refractivity contribution in [3.05, 3.63) is 93.0 Å². The molecule has 0 spiro atoms. The Morgan fingerprint density at radius 3 is 2.74 bits per heavy atom. The molecule has 0 aliphatic rings. The summed E-state index contributed by atoms with van der Waals surface area (Å²) >= 11 is 5.82. The number of benzene rings is 3. The van der Waals surface area contributed by atoms with E-state index in [2.05, 4.69) is 15.3 Å². The van der Waals surface area contributed by atoms with Crippen LogP contribution in [0.15, 0.2) is 66.7 Å². The molecule has 1 amide bonds. The van der Waals surface area contributed by atoms with Gasteiger partial charge in [0.2, 0.25) is 5.91 Å². The van der Waals surface area contributed by atoms with E-state index in [-0.39, 0.29) is 16.6 Å². The smallest absolute Gasteiger partial charge is 0.288 e. The lowest BCUT2D eigenvalue weighted by Gasteiger charge is -2.08. The Hall–Kier alpha value is -3.97. The summed E-state index contributed by atoms with van der Waals surface area (Å²) in [5.41, 5.74) is 4.47. The van der Waals surface area contributed by atoms with Crippen molar-refractivity contribution in [3.8, 4) is 11.4 Å². The number of rotatable bonds is 5. The van der Waals surface area contributed by atoms with Crippen LogP contribution in [0, 0.1) is 17.0 Å². The Bertz CT molecular complexity index is 1310. The van der Waals surface area contributed by atoms with Crippen LogP contribution in [0.4, 0.5) is 11.4 Å². The highest BCUT2D eigenvalue weighted by atomic mass is 35.5. The fourth-order valence-electron chi connectivity index (χ4n) is 3.11. The summed E-state index contributed by atoms with van der Waals surface area (Å²) in [5.74, 6) is 0.350. The summed E-state index contributed by atoms with van der Waals surface area (Å²) in [4.78, 5) is 30.7. The topological polar surface area (TPSA) is 101 Å². The SMILES string of the molecule is Cc1ccc(-c2nc3ccccc3[nH]2)cc1NC(=O)/C=C/c1ccc(Cl)c([N+](=O)[O-])c1. The molecular formula is C23H17ClN4O3. The zero-order valence-corrected chi connectivity index (χ0v) is 17.2. The maximum atomic E-state index is 12.4. The van der Waals surface area contributed by atoms with Gasteiger partial charge in [-0.05, 0) is 48.4 Å². The molecule has 0 aliphatic carbocycles. The fourth-order valence-corrected chi connectivity index (χ4v) is 3.30. The molecule has 4 aromatic rings. The quantitative estimate of drug-likeness (QED) is 0.238. The summed E-state index contributed by atoms with van der Waals surface area (Å²) in [6.07, 6.45) is 2.82. The number of hydrogen-bond acceptors (Lipinski definition) is 4. The number of nitrogens with one attached hydrogen (secondary N) is 2. The average molecular weight is 433 g/mol. The predicted molar refractivity (Wildman–Crippen MR) is 122 cm³/mol. The largest absolute Gasteiger partial charge is 0.338 e. The molecule has 7 nitrogen and oxygen atoms in total. The molecule has 0 saturated carbocycles. The van der Waals surface area contributed by atoms with Gasteiger partial charge in [0.05, 0.1) is 16.0 Å². The standard InChI is InChI=1S/C23H17ClN4O3/c1-14-6-9-16(23-26-18-4-2-3-5-19(18)27-23)13-20(14)25-22(29)11-8-15-7-10-17(24)21(12-15)28(30)31/h2-13H,1H3,(H,25,29)(H,26,27)/b11-8+. The van der Waals surface area contributed by atoms with Gasteiger partial charge in [-0.1, -0.05) is 41.9 Å². The van der Waals surface area contributed by atoms with Crippen LogP contribution < -0.4 is 5.32 Å². The third-order valence-corrected chi connectivity index (χ3v) is 5.07. The van der Waals surface area contributed by atoms with Crippen LogP contribution in [0.3, 0.4) is 0 Å². The van der Waals surface area contributed by atoms with Gasteiger partial charge in [0.25, 0.3) is 5.69 Å². The molecule has 3 aromatic carbocycles. The molecule has 1 heterocycles. The number of halogens is 1. The maximum Gasteiger partial charge on any atom is 0.288 e. The van der Waals surface area contributed by atoms with E-state index in [1.807, 2.05) is 49.4 Å². The molecule has 0 fully saturated rings. The minimum Gasteiger partial charge on any atom is -0.338 e. The molecule has 0 atom stereocenters. The number of carbonyl (C=O) groups is 1. The number of anilines is 1. The summed E-state index contributed by atoms with van der Waals surface area (Å²) in [7, 11) is 0. The van der Waals surface area contributed by atoms with Crippen molar-refractivity contribution in [2.75, 3.05) is 5.32 Å². The molecule has 154 valence electrons. The van der Waals surface area contributed by atoms with Gasteiger partial charge in [-0.3, -0.25) is 14.9 Å². The molecule has 4 rings (SSSR count). The molecule has 0 radical (unpaired) electrons. The van der Waals surface area contributed by atoms with Gasteiger partial charge in [0.15, 0.2) is 0 Å². The van der Waals surface area contributed by atoms with Gasteiger partial charge in [-0.2, -0.15) is 0 Å². The lowest BCUT2D eigenvalue weighted by molar-refractivity contribution is -0.384. The van der Waals surface area contributed by atoms with Crippen molar-refractivity contribution in [2.45, 2.75) is 6.92 Å². The summed E-state index contributed by atoms with van der Waals surface area (Å²) in [5, 5.41) is 13.9. The number of H-pyrrole nitrogens is 1. The number of carbonyl (C=O) groups excluding carboxylic acids is 1. The summed E-state index contributed by atoms with van der Waals surface area (Å²) < 4.78 is 0. The van der Waals surface area contributed by atoms with Crippen molar-refractivity contribution in [2.24, 2.45) is 0 Å². The Morgan fingerprint density at radius 2 is 1.97 bits per heavy atom. The van der Waals surface area contributed by atoms with Crippen LogP contribution in [0.1, 0.15) is 11.1 Å². The third-order valence-electron chi connectivity index (χ3n) is 4.75. The minimum absolute atomic E-state index is 0.0460. The Morgan fingerprint density at radius 1 is 1.16 bits per heavy atom. The number of para-hydroxylation sites is 2. The van der Waals surface area contributed by atoms with E-state index in [4.69, 9.17) is 11.6 Å². The first-order chi connectivity index (χ1) is 14.9. The molecule has 8 heteroatoms. The minimum atomic E-state index is -0.563. The van der Waals surface area contributed by atoms with E-state index in [9.17, 15) is 14.9 Å². The third kappa shape index (κ3) is 4.46. The number of fused-ring (bicyclic) bond motifs is 1. The van der Waals surface area contributed by atoms with E-state index >= 15 is 0 Å². The lowest BCUT2D eigenvalue weighted by Crippen LogP contribution is -2.09. The average Bonchev–Trinajstić information content (AvgIpc) is 3.19. The van der Waals surface area contributed by atoms with Crippen molar-refractivity contribution in [3.63, 3.8) is 0 Å². The first-order valence-electron chi connectivity index (χ1n) is 9.39. The van der Waals surface area contributed by atoms with Crippen LogP contribution in [-0.2, 0) is 4.79 Å². The van der Waals surface area contributed by atoms with E-state index in [1.165, 1.54) is 24.3 Å². The number of aromatic amines is 1. The lowest BCUT2D eigenvalue weighted by atomic mass is 10.1. The van der Waals surface area contributed by atoms with E-state index in [0.717, 1.165) is 22.2 Å². The maximum absolute atomic E-state index is 12.4. The first kappa shape index (κ1) is 20.3. The molecule has 0 unspecified atom stereocenters. The number of nitro benzene ring substituents is 1. The second kappa shape index (κ2) is 8.41. The van der Waals surface area contributed by atoms with Crippen LogP contribution in [-0.4, -0.2) is 20.8 Å². The zero-order chi connectivity index (χ0) is 22.0. The summed E-state index contributed by atoms with van der Waals surface area (Å²) in [6.45, 7) is 1.89. The van der Waals surface area contributed by atoms with E-state index < -0.39 is 4.92 Å². The number of hydrogen-bond donors (Lipinski definition) is 2. The van der Waals surface area contributed by atoms with Gasteiger partial charge in [0, 0.05) is 23.4 Å². The molecule has 1 aromatic heterocycles. The van der Waals surface area contributed by atoms with Crippen LogP contribution >= 0.6 is 11.6 Å². The van der Waals surface area contributed by atoms with Crippen molar-refractivity contribution < 1.29 is 9.72 Å². The van der Waals surface area contributed by atoms with Crippen molar-refractivity contribution in [1.29, 1.82) is 0 Å². The molecule has 0 saturated heterocycles. The van der Waals surface area contributed by atoms with Gasteiger partial charge in [0.1, 0.15) is 10.8 Å². The molecular weight excluding hydrogens is 416 g/mol. The number of imidazole rings is 1. The number of nitrogens with zero attached hydrogens (tertiary/aromatic N) is 2. The van der Waals surface area contributed by atoms with Crippen LogP contribution in [0.5, 0.6) is 0 Å². The van der Waals surface area contributed by atoms with E-state index in [1.54, 1.807) is 6.07 Å². The number of nitro groups is 1. The number of aromatic nitrogens is 2. The number of aryl methyl sites for hydroxylation is 1. The predicted octanol–water partition coefficient (Wildman–Crippen LogP) is 5.75. The van der Waals surface area contributed by atoms with Gasteiger partial charge < -0.3 is 10.3 Å². The number of amides is 1. The van der Waals surface area contributed by atoms with Crippen molar-refractivity contribution in [1.82, 2.24) is 9.97 Å². The zero-order valence-electron chi connectivity index (χ0n) is 16.4. The van der Waals surface area contributed by atoms with E-state index in [0.29, 0.717) is 17.1 Å². The Labute approximate surface area is 182 Å². The van der Waals surface area contributed by atoms with Gasteiger partial charge >= 0.3 is 0 Å². The second-order valence-corrected chi connectivity index (χ2v) is 7.33. The van der Waals surface area contributed by atoms with Gasteiger partial charge in [-0.15, -0.1) is 0 Å².